The average molecular weight is 456 g/mol. The number of hydrogen-bond acceptors (Lipinski definition) is 9. The Morgan fingerprint density at radius 1 is 0.727 bits per heavy atom. The van der Waals surface area contributed by atoms with Crippen LogP contribution >= 0.6 is 0 Å². The van der Waals surface area contributed by atoms with Gasteiger partial charge in [0.2, 0.25) is 6.29 Å². The first-order valence-electron chi connectivity index (χ1n) is 10.3. The van der Waals surface area contributed by atoms with Crippen molar-refractivity contribution in [1.29, 1.82) is 0 Å². The molecule has 0 aromatic heterocycles. The average Bonchev–Trinajstić information content (AvgIpc) is 3.11. The molecule has 0 amide bonds. The van der Waals surface area contributed by atoms with E-state index in [1.165, 1.54) is 13.8 Å². The maximum absolute atomic E-state index is 12.4. The number of carbonyl (C=O) groups is 4. The zero-order valence-corrected chi connectivity index (χ0v) is 18.2. The van der Waals surface area contributed by atoms with Crippen LogP contribution in [0.5, 0.6) is 0 Å². The Balaban J connectivity index is 1.74. The molecular weight excluding hydrogens is 432 g/mol. The second-order valence-corrected chi connectivity index (χ2v) is 7.32. The molecule has 1 fully saturated rings. The third-order valence-corrected chi connectivity index (χ3v) is 4.87. The van der Waals surface area contributed by atoms with Gasteiger partial charge in [-0.25, -0.2) is 9.59 Å². The summed E-state index contributed by atoms with van der Waals surface area (Å²) in [6.45, 7) is 1.91. The lowest BCUT2D eigenvalue weighted by molar-refractivity contribution is -0.195. The third-order valence-electron chi connectivity index (χ3n) is 4.87. The van der Waals surface area contributed by atoms with Crippen LogP contribution in [0.2, 0.25) is 0 Å². The molecule has 1 heterocycles. The molecule has 0 bridgehead atoms. The number of ether oxygens (including phenoxy) is 5. The van der Waals surface area contributed by atoms with Gasteiger partial charge in [0.1, 0.15) is 19.3 Å². The minimum Gasteiger partial charge on any atom is -0.462 e. The molecule has 9 heteroatoms. The SMILES string of the molecule is CC(=O)O[C@@H]1O[C@H](COC(=O)c2ccccc2)[C@@H](COC(=O)c2ccccc2)[C@H]1OC(C)=O. The van der Waals surface area contributed by atoms with Crippen molar-refractivity contribution in [2.45, 2.75) is 32.3 Å². The van der Waals surface area contributed by atoms with E-state index in [-0.39, 0.29) is 13.2 Å². The van der Waals surface area contributed by atoms with E-state index in [9.17, 15) is 19.2 Å². The van der Waals surface area contributed by atoms with Gasteiger partial charge in [-0.05, 0) is 24.3 Å². The molecule has 1 aliphatic rings. The van der Waals surface area contributed by atoms with Gasteiger partial charge in [0, 0.05) is 13.8 Å². The Morgan fingerprint density at radius 2 is 1.21 bits per heavy atom. The van der Waals surface area contributed by atoms with Crippen molar-refractivity contribution in [2.75, 3.05) is 13.2 Å². The van der Waals surface area contributed by atoms with Crippen LogP contribution < -0.4 is 0 Å². The highest BCUT2D eigenvalue weighted by atomic mass is 16.7. The minimum absolute atomic E-state index is 0.225. The second-order valence-electron chi connectivity index (χ2n) is 7.32. The first kappa shape index (κ1) is 23.9. The first-order chi connectivity index (χ1) is 15.8. The van der Waals surface area contributed by atoms with Crippen LogP contribution in [0.3, 0.4) is 0 Å². The van der Waals surface area contributed by atoms with Crippen molar-refractivity contribution in [3.8, 4) is 0 Å². The van der Waals surface area contributed by atoms with Crippen LogP contribution in [-0.4, -0.2) is 55.6 Å². The summed E-state index contributed by atoms with van der Waals surface area (Å²) >= 11 is 0. The van der Waals surface area contributed by atoms with Gasteiger partial charge in [0.15, 0.2) is 6.10 Å². The molecule has 0 saturated carbocycles. The molecule has 1 aliphatic heterocycles. The smallest absolute Gasteiger partial charge is 0.338 e. The van der Waals surface area contributed by atoms with E-state index in [0.717, 1.165) is 0 Å². The summed E-state index contributed by atoms with van der Waals surface area (Å²) in [6, 6.07) is 16.7. The summed E-state index contributed by atoms with van der Waals surface area (Å²) in [7, 11) is 0. The summed E-state index contributed by atoms with van der Waals surface area (Å²) in [6.07, 6.45) is -3.17. The Bertz CT molecular complexity index is 974. The normalized spacial score (nSPS) is 21.6. The maximum Gasteiger partial charge on any atom is 0.338 e. The lowest BCUT2D eigenvalue weighted by atomic mass is 9.99. The van der Waals surface area contributed by atoms with E-state index in [4.69, 9.17) is 23.7 Å². The van der Waals surface area contributed by atoms with Crippen LogP contribution in [0.4, 0.5) is 0 Å². The van der Waals surface area contributed by atoms with Gasteiger partial charge in [-0.2, -0.15) is 0 Å². The molecule has 174 valence electrons. The number of rotatable bonds is 8. The third kappa shape index (κ3) is 6.63. The van der Waals surface area contributed by atoms with Crippen molar-refractivity contribution in [1.82, 2.24) is 0 Å². The van der Waals surface area contributed by atoms with Crippen LogP contribution in [0.1, 0.15) is 34.6 Å². The lowest BCUT2D eigenvalue weighted by Crippen LogP contribution is -2.38. The largest absolute Gasteiger partial charge is 0.462 e. The molecule has 2 aromatic rings. The molecule has 1 saturated heterocycles. The topological polar surface area (TPSA) is 114 Å². The summed E-state index contributed by atoms with van der Waals surface area (Å²) in [5, 5.41) is 0. The zero-order chi connectivity index (χ0) is 23.8. The van der Waals surface area contributed by atoms with E-state index >= 15 is 0 Å². The van der Waals surface area contributed by atoms with Gasteiger partial charge in [-0.1, -0.05) is 36.4 Å². The molecular formula is C24H24O9. The second kappa shape index (κ2) is 11.2. The van der Waals surface area contributed by atoms with Crippen molar-refractivity contribution in [2.24, 2.45) is 5.92 Å². The summed E-state index contributed by atoms with van der Waals surface area (Å²) in [5.74, 6) is -3.22. The summed E-state index contributed by atoms with van der Waals surface area (Å²) < 4.78 is 27.0. The molecule has 0 N–H and O–H groups in total. The highest BCUT2D eigenvalue weighted by molar-refractivity contribution is 5.89. The molecule has 4 atom stereocenters. The molecule has 0 spiro atoms. The molecule has 0 unspecified atom stereocenters. The minimum atomic E-state index is -1.24. The fourth-order valence-corrected chi connectivity index (χ4v) is 3.37. The number of hydrogen-bond donors (Lipinski definition) is 0. The van der Waals surface area contributed by atoms with Crippen LogP contribution in [0, 0.1) is 5.92 Å². The van der Waals surface area contributed by atoms with Crippen molar-refractivity contribution in [3.05, 3.63) is 71.8 Å². The number of benzene rings is 2. The molecule has 3 rings (SSSR count). The predicted molar refractivity (Wildman–Crippen MR) is 113 cm³/mol. The molecule has 2 aromatic carbocycles. The van der Waals surface area contributed by atoms with Gasteiger partial charge < -0.3 is 23.7 Å². The van der Waals surface area contributed by atoms with Crippen LogP contribution in [0.25, 0.3) is 0 Å². The Labute approximate surface area is 190 Å². The Morgan fingerprint density at radius 3 is 1.70 bits per heavy atom. The first-order valence-corrected chi connectivity index (χ1v) is 10.3. The van der Waals surface area contributed by atoms with E-state index in [1.807, 2.05) is 0 Å². The van der Waals surface area contributed by atoms with Crippen LogP contribution in [-0.2, 0) is 33.3 Å². The van der Waals surface area contributed by atoms with Gasteiger partial charge in [0.05, 0.1) is 17.0 Å². The fourth-order valence-electron chi connectivity index (χ4n) is 3.37. The zero-order valence-electron chi connectivity index (χ0n) is 18.2. The van der Waals surface area contributed by atoms with Gasteiger partial charge in [-0.15, -0.1) is 0 Å². The number of carbonyl (C=O) groups excluding carboxylic acids is 4. The molecule has 33 heavy (non-hydrogen) atoms. The van der Waals surface area contributed by atoms with E-state index in [1.54, 1.807) is 60.7 Å². The number of esters is 4. The van der Waals surface area contributed by atoms with E-state index in [2.05, 4.69) is 0 Å². The van der Waals surface area contributed by atoms with E-state index in [0.29, 0.717) is 11.1 Å². The van der Waals surface area contributed by atoms with Gasteiger partial charge in [-0.3, -0.25) is 9.59 Å². The fraction of sp³-hybridized carbons (Fsp3) is 0.333. The highest BCUT2D eigenvalue weighted by Crippen LogP contribution is 2.32. The van der Waals surface area contributed by atoms with Gasteiger partial charge >= 0.3 is 23.9 Å². The monoisotopic (exact) mass is 456 g/mol. The van der Waals surface area contributed by atoms with Crippen molar-refractivity contribution < 1.29 is 42.9 Å². The summed E-state index contributed by atoms with van der Waals surface area (Å²) in [4.78, 5) is 48.0. The highest BCUT2D eigenvalue weighted by Gasteiger charge is 2.50. The van der Waals surface area contributed by atoms with Crippen LogP contribution in [0.15, 0.2) is 60.7 Å². The summed E-state index contributed by atoms with van der Waals surface area (Å²) in [5.41, 5.74) is 0.680. The molecule has 0 radical (unpaired) electrons. The van der Waals surface area contributed by atoms with Crippen molar-refractivity contribution in [3.63, 3.8) is 0 Å². The standard InChI is InChI=1S/C24H24O9/c1-15(25)31-21-19(13-29-22(27)17-9-5-3-6-10-17)20(33-24(21)32-16(2)26)14-30-23(28)18-11-7-4-8-12-18/h3-12,19-21,24H,13-14H2,1-2H3/t19-,20-,21-,24-/m1/s1. The van der Waals surface area contributed by atoms with Gasteiger partial charge in [0.25, 0.3) is 0 Å². The maximum atomic E-state index is 12.4. The lowest BCUT2D eigenvalue weighted by Gasteiger charge is -2.23. The van der Waals surface area contributed by atoms with Crippen molar-refractivity contribution >= 4 is 23.9 Å². The quantitative estimate of drug-likeness (QED) is 0.437. The molecule has 9 nitrogen and oxygen atoms in total. The Hall–Kier alpha value is -3.72. The molecule has 0 aliphatic carbocycles. The van der Waals surface area contributed by atoms with E-state index < -0.39 is 48.3 Å². The predicted octanol–water partition coefficient (Wildman–Crippen LogP) is 2.54. The Kier molecular flexibility index (Phi) is 8.15.